The number of nitrogens with one attached hydrogen (secondary N) is 1. The molecular weight excluding hydrogens is 388 g/mol. The van der Waals surface area contributed by atoms with Gasteiger partial charge in [0.15, 0.2) is 0 Å². The molecule has 1 N–H and O–H groups in total. The summed E-state index contributed by atoms with van der Waals surface area (Å²) in [6, 6.07) is 13.1. The summed E-state index contributed by atoms with van der Waals surface area (Å²) < 4.78 is 2.00. The molecule has 0 spiro atoms. The molecule has 8 heteroatoms. The third kappa shape index (κ3) is 3.83. The predicted octanol–water partition coefficient (Wildman–Crippen LogP) is 4.67. The summed E-state index contributed by atoms with van der Waals surface area (Å²) in [5.74, 6) is 0. The highest BCUT2D eigenvalue weighted by molar-refractivity contribution is 7.08. The van der Waals surface area contributed by atoms with E-state index in [1.54, 1.807) is 24.3 Å². The number of pyridine rings is 1. The van der Waals surface area contributed by atoms with Gasteiger partial charge in [0.2, 0.25) is 0 Å². The molecule has 3 aromatic heterocycles. The first kappa shape index (κ1) is 18.7. The summed E-state index contributed by atoms with van der Waals surface area (Å²) in [7, 11) is 0. The third-order valence-corrected chi connectivity index (χ3v) is 5.14. The molecule has 0 radical (unpaired) electrons. The van der Waals surface area contributed by atoms with Crippen LogP contribution in [0.4, 0.5) is 10.5 Å². The van der Waals surface area contributed by atoms with Gasteiger partial charge >= 0.3 is 12.5 Å². The molecule has 4 rings (SSSR count). The van der Waals surface area contributed by atoms with Crippen molar-refractivity contribution in [2.24, 2.45) is 0 Å². The molecule has 146 valence electrons. The maximum atomic E-state index is 12.2. The zero-order chi connectivity index (χ0) is 20.2. The number of hydroxylamine groups is 2. The SMILES string of the molecule is CCN(OC=O)C(=O)Nc1cccc(-c2cnc3cc(-c4ccsc4)ccn23)c1. The highest BCUT2D eigenvalue weighted by Crippen LogP contribution is 2.27. The molecule has 29 heavy (non-hydrogen) atoms. The van der Waals surface area contributed by atoms with E-state index in [9.17, 15) is 9.59 Å². The van der Waals surface area contributed by atoms with Crippen LogP contribution in [0.2, 0.25) is 0 Å². The Labute approximate surface area is 171 Å². The molecular formula is C21H18N4O3S. The molecule has 0 saturated heterocycles. The van der Waals surface area contributed by atoms with Gasteiger partial charge in [0.1, 0.15) is 5.65 Å². The first-order valence-corrected chi connectivity index (χ1v) is 9.93. The third-order valence-electron chi connectivity index (χ3n) is 4.46. The second kappa shape index (κ2) is 8.15. The first-order valence-electron chi connectivity index (χ1n) is 8.98. The van der Waals surface area contributed by atoms with Crippen LogP contribution in [-0.4, -0.2) is 33.5 Å². The van der Waals surface area contributed by atoms with E-state index in [4.69, 9.17) is 0 Å². The van der Waals surface area contributed by atoms with E-state index in [2.05, 4.69) is 38.0 Å². The van der Waals surface area contributed by atoms with Crippen molar-refractivity contribution in [3.8, 4) is 22.4 Å². The van der Waals surface area contributed by atoms with Crippen LogP contribution in [-0.2, 0) is 9.63 Å². The van der Waals surface area contributed by atoms with Gasteiger partial charge in [0, 0.05) is 17.4 Å². The van der Waals surface area contributed by atoms with Gasteiger partial charge in [-0.15, -0.1) is 0 Å². The van der Waals surface area contributed by atoms with Gasteiger partial charge in [-0.1, -0.05) is 12.1 Å². The van der Waals surface area contributed by atoms with Crippen LogP contribution in [0.5, 0.6) is 0 Å². The summed E-state index contributed by atoms with van der Waals surface area (Å²) in [5, 5.41) is 7.83. The van der Waals surface area contributed by atoms with Crippen molar-refractivity contribution < 1.29 is 14.4 Å². The molecule has 0 atom stereocenters. The van der Waals surface area contributed by atoms with Crippen LogP contribution in [0.1, 0.15) is 6.92 Å². The maximum absolute atomic E-state index is 12.2. The van der Waals surface area contributed by atoms with Crippen LogP contribution >= 0.6 is 11.3 Å². The van der Waals surface area contributed by atoms with Crippen molar-refractivity contribution in [3.05, 3.63) is 65.6 Å². The lowest BCUT2D eigenvalue weighted by molar-refractivity contribution is -0.158. The van der Waals surface area contributed by atoms with Gasteiger partial charge in [-0.3, -0.25) is 9.20 Å². The van der Waals surface area contributed by atoms with Crippen molar-refractivity contribution in [1.29, 1.82) is 0 Å². The Hall–Kier alpha value is -3.65. The summed E-state index contributed by atoms with van der Waals surface area (Å²) >= 11 is 1.66. The minimum atomic E-state index is -0.518. The van der Waals surface area contributed by atoms with Crippen molar-refractivity contribution in [1.82, 2.24) is 14.4 Å². The highest BCUT2D eigenvalue weighted by Gasteiger charge is 2.14. The quantitative estimate of drug-likeness (QED) is 0.373. The molecule has 0 aliphatic heterocycles. The van der Waals surface area contributed by atoms with E-state index in [0.717, 1.165) is 27.5 Å². The zero-order valence-corrected chi connectivity index (χ0v) is 16.4. The number of hydrogen-bond acceptors (Lipinski definition) is 5. The molecule has 3 heterocycles. The highest BCUT2D eigenvalue weighted by atomic mass is 32.1. The first-order chi connectivity index (χ1) is 14.2. The van der Waals surface area contributed by atoms with Gasteiger partial charge in [0.05, 0.1) is 18.4 Å². The van der Waals surface area contributed by atoms with Crippen molar-refractivity contribution >= 4 is 35.2 Å². The number of hydrogen-bond donors (Lipinski definition) is 1. The Morgan fingerprint density at radius 3 is 2.90 bits per heavy atom. The van der Waals surface area contributed by atoms with Crippen LogP contribution in [0.3, 0.4) is 0 Å². The normalized spacial score (nSPS) is 10.7. The van der Waals surface area contributed by atoms with Gasteiger partial charge in [-0.2, -0.15) is 16.4 Å². The van der Waals surface area contributed by atoms with E-state index in [0.29, 0.717) is 5.69 Å². The summed E-state index contributed by atoms with van der Waals surface area (Å²) in [6.07, 6.45) is 3.80. The van der Waals surface area contributed by atoms with Crippen molar-refractivity contribution in [3.63, 3.8) is 0 Å². The molecule has 0 aliphatic rings. The molecule has 0 fully saturated rings. The van der Waals surface area contributed by atoms with E-state index in [1.807, 2.05) is 41.1 Å². The number of urea groups is 1. The van der Waals surface area contributed by atoms with E-state index in [1.165, 1.54) is 5.56 Å². The zero-order valence-electron chi connectivity index (χ0n) is 15.6. The van der Waals surface area contributed by atoms with Gasteiger partial charge in [-0.05, 0) is 59.1 Å². The van der Waals surface area contributed by atoms with Crippen LogP contribution in [0.15, 0.2) is 65.6 Å². The lowest BCUT2D eigenvalue weighted by Crippen LogP contribution is -2.34. The van der Waals surface area contributed by atoms with Crippen LogP contribution in [0, 0.1) is 0 Å². The van der Waals surface area contributed by atoms with E-state index >= 15 is 0 Å². The standard InChI is InChI=1S/C21H18N4O3S/c1-2-25(28-14-26)21(27)23-18-5-3-4-16(10-18)19-12-22-20-11-15(6-8-24(19)20)17-7-9-29-13-17/h3-14H,2H2,1H3,(H,23,27). The molecule has 4 aromatic rings. The van der Waals surface area contributed by atoms with Gasteiger partial charge in [-0.25, -0.2) is 9.78 Å². The molecule has 0 aliphatic carbocycles. The Morgan fingerprint density at radius 1 is 1.24 bits per heavy atom. The number of carbonyl (C=O) groups excluding carboxylic acids is 2. The topological polar surface area (TPSA) is 75.9 Å². The maximum Gasteiger partial charge on any atom is 0.355 e. The second-order valence-corrected chi connectivity index (χ2v) is 6.99. The predicted molar refractivity (Wildman–Crippen MR) is 112 cm³/mol. The number of nitrogens with zero attached hydrogens (tertiary/aromatic N) is 3. The van der Waals surface area contributed by atoms with E-state index < -0.39 is 6.03 Å². The summed E-state index contributed by atoms with van der Waals surface area (Å²) in [5.41, 5.74) is 5.53. The molecule has 1 aromatic carbocycles. The average molecular weight is 406 g/mol. The molecule has 0 saturated carbocycles. The number of benzene rings is 1. The van der Waals surface area contributed by atoms with Gasteiger partial charge in [0.25, 0.3) is 0 Å². The Bertz CT molecular complexity index is 1150. The smallest absolute Gasteiger partial charge is 0.340 e. The monoisotopic (exact) mass is 406 g/mol. The number of aromatic nitrogens is 2. The Balaban J connectivity index is 1.62. The van der Waals surface area contributed by atoms with Crippen molar-refractivity contribution in [2.45, 2.75) is 6.92 Å². The number of fused-ring (bicyclic) bond motifs is 1. The fourth-order valence-electron chi connectivity index (χ4n) is 3.06. The molecule has 2 amide bonds. The number of thiophene rings is 1. The molecule has 0 bridgehead atoms. The fraction of sp³-hybridized carbons (Fsp3) is 0.0952. The Kier molecular flexibility index (Phi) is 5.26. The lowest BCUT2D eigenvalue weighted by Gasteiger charge is -2.17. The number of amides is 2. The summed E-state index contributed by atoms with van der Waals surface area (Å²) in [6.45, 7) is 2.18. The van der Waals surface area contributed by atoms with Crippen LogP contribution < -0.4 is 5.32 Å². The Morgan fingerprint density at radius 2 is 2.14 bits per heavy atom. The minimum Gasteiger partial charge on any atom is -0.340 e. The largest absolute Gasteiger partial charge is 0.355 e. The molecule has 7 nitrogen and oxygen atoms in total. The van der Waals surface area contributed by atoms with E-state index in [-0.39, 0.29) is 13.0 Å². The van der Waals surface area contributed by atoms with Crippen LogP contribution in [0.25, 0.3) is 28.0 Å². The summed E-state index contributed by atoms with van der Waals surface area (Å²) in [4.78, 5) is 31.9. The van der Waals surface area contributed by atoms with Crippen molar-refractivity contribution in [2.75, 3.05) is 11.9 Å². The van der Waals surface area contributed by atoms with Gasteiger partial charge < -0.3 is 10.2 Å². The number of rotatable bonds is 6. The minimum absolute atomic E-state index is 0.224. The number of anilines is 1. The molecule has 0 unspecified atom stereocenters. The second-order valence-electron chi connectivity index (χ2n) is 6.21. The average Bonchev–Trinajstić information content (AvgIpc) is 3.41. The number of imidazole rings is 1. The lowest BCUT2D eigenvalue weighted by atomic mass is 10.1. The number of carbonyl (C=O) groups is 2. The fourth-order valence-corrected chi connectivity index (χ4v) is 3.73.